The molecular weight excluding hydrogens is 358 g/mol. The third-order valence-electron chi connectivity index (χ3n) is 4.04. The van der Waals surface area contributed by atoms with Gasteiger partial charge < -0.3 is 10.1 Å². The molecule has 0 unspecified atom stereocenters. The van der Waals surface area contributed by atoms with Gasteiger partial charge in [0.05, 0.1) is 19.2 Å². The molecule has 0 aliphatic carbocycles. The van der Waals surface area contributed by atoms with Crippen molar-refractivity contribution in [1.29, 1.82) is 0 Å². The highest BCUT2D eigenvalue weighted by molar-refractivity contribution is 5.91. The molecular formula is C20H23N5O3. The van der Waals surface area contributed by atoms with Crippen molar-refractivity contribution in [3.8, 4) is 17.0 Å². The lowest BCUT2D eigenvalue weighted by atomic mass is 10.1. The van der Waals surface area contributed by atoms with E-state index >= 15 is 0 Å². The van der Waals surface area contributed by atoms with Gasteiger partial charge in [-0.3, -0.25) is 19.4 Å². The van der Waals surface area contributed by atoms with E-state index in [0.717, 1.165) is 11.3 Å². The zero-order valence-electron chi connectivity index (χ0n) is 16.1. The Morgan fingerprint density at radius 2 is 2.07 bits per heavy atom. The molecule has 0 saturated heterocycles. The van der Waals surface area contributed by atoms with Crippen LogP contribution in [0.3, 0.4) is 0 Å². The Hall–Kier alpha value is -3.42. The van der Waals surface area contributed by atoms with Gasteiger partial charge in [-0.2, -0.15) is 0 Å². The molecule has 28 heavy (non-hydrogen) atoms. The lowest BCUT2D eigenvalue weighted by Gasteiger charge is -2.07. The summed E-state index contributed by atoms with van der Waals surface area (Å²) >= 11 is 0. The molecule has 0 spiro atoms. The van der Waals surface area contributed by atoms with E-state index in [2.05, 4.69) is 20.4 Å². The van der Waals surface area contributed by atoms with Crippen molar-refractivity contribution in [2.75, 3.05) is 12.4 Å². The van der Waals surface area contributed by atoms with Gasteiger partial charge in [-0.15, -0.1) is 0 Å². The summed E-state index contributed by atoms with van der Waals surface area (Å²) in [4.78, 5) is 32.6. The van der Waals surface area contributed by atoms with Crippen LogP contribution in [0.4, 0.5) is 5.82 Å². The lowest BCUT2D eigenvalue weighted by molar-refractivity contribution is -0.115. The van der Waals surface area contributed by atoms with Gasteiger partial charge in [0.25, 0.3) is 5.56 Å². The number of ether oxygens (including phenoxy) is 1. The largest absolute Gasteiger partial charge is 0.497 e. The van der Waals surface area contributed by atoms with Gasteiger partial charge in [-0.05, 0) is 18.1 Å². The molecule has 2 heterocycles. The SMILES string of the molecule is COc1cccc(-c2cc(NC(=O)Cc3cc(=O)n(CC(C)C)[nH]3)ncn2)c1. The minimum Gasteiger partial charge on any atom is -0.497 e. The van der Waals surface area contributed by atoms with Crippen molar-refractivity contribution in [3.05, 3.63) is 58.8 Å². The Morgan fingerprint density at radius 1 is 1.25 bits per heavy atom. The third kappa shape index (κ3) is 4.85. The van der Waals surface area contributed by atoms with E-state index in [1.807, 2.05) is 38.1 Å². The number of hydrogen-bond donors (Lipinski definition) is 2. The molecule has 1 aromatic carbocycles. The van der Waals surface area contributed by atoms with E-state index in [4.69, 9.17) is 4.74 Å². The molecule has 0 fully saturated rings. The molecule has 1 amide bonds. The number of hydrogen-bond acceptors (Lipinski definition) is 5. The van der Waals surface area contributed by atoms with E-state index in [-0.39, 0.29) is 17.9 Å². The normalized spacial score (nSPS) is 10.9. The van der Waals surface area contributed by atoms with Gasteiger partial charge in [-0.1, -0.05) is 26.0 Å². The van der Waals surface area contributed by atoms with E-state index in [0.29, 0.717) is 29.7 Å². The number of H-pyrrole nitrogens is 1. The molecule has 0 aliphatic rings. The van der Waals surface area contributed by atoms with Crippen LogP contribution in [0.5, 0.6) is 5.75 Å². The fourth-order valence-electron chi connectivity index (χ4n) is 2.80. The maximum absolute atomic E-state index is 12.4. The monoisotopic (exact) mass is 381 g/mol. The van der Waals surface area contributed by atoms with Crippen LogP contribution < -0.4 is 15.6 Å². The minimum absolute atomic E-state index is 0.0544. The first-order chi connectivity index (χ1) is 13.4. The summed E-state index contributed by atoms with van der Waals surface area (Å²) in [5, 5.41) is 5.72. The number of aromatic amines is 1. The molecule has 2 aromatic heterocycles. The van der Waals surface area contributed by atoms with Crippen LogP contribution in [0.2, 0.25) is 0 Å². The summed E-state index contributed by atoms with van der Waals surface area (Å²) in [6, 6.07) is 10.6. The predicted molar refractivity (Wildman–Crippen MR) is 106 cm³/mol. The number of carbonyl (C=O) groups excluding carboxylic acids is 1. The molecule has 146 valence electrons. The molecule has 0 atom stereocenters. The summed E-state index contributed by atoms with van der Waals surface area (Å²) in [7, 11) is 1.60. The standard InChI is InChI=1S/C20H23N5O3/c1-13(2)11-25-20(27)9-15(24-25)8-19(26)23-18-10-17(21-12-22-18)14-5-4-6-16(7-14)28-3/h4-7,9-10,12-13,24H,8,11H2,1-3H3,(H,21,22,23,26). The fraction of sp³-hybridized carbons (Fsp3) is 0.300. The van der Waals surface area contributed by atoms with Gasteiger partial charge in [0, 0.05) is 29.9 Å². The van der Waals surface area contributed by atoms with Gasteiger partial charge in [0.1, 0.15) is 17.9 Å². The van der Waals surface area contributed by atoms with Crippen LogP contribution in [0.25, 0.3) is 11.3 Å². The zero-order valence-corrected chi connectivity index (χ0v) is 16.1. The zero-order chi connectivity index (χ0) is 20.1. The molecule has 0 aliphatic heterocycles. The number of nitrogens with one attached hydrogen (secondary N) is 2. The van der Waals surface area contributed by atoms with Gasteiger partial charge >= 0.3 is 0 Å². The summed E-state index contributed by atoms with van der Waals surface area (Å²) < 4.78 is 6.74. The van der Waals surface area contributed by atoms with Crippen LogP contribution in [0, 0.1) is 5.92 Å². The Kier molecular flexibility index (Phi) is 5.88. The smallest absolute Gasteiger partial charge is 0.266 e. The summed E-state index contributed by atoms with van der Waals surface area (Å²) in [5.74, 6) is 1.17. The first kappa shape index (κ1) is 19.3. The quantitative estimate of drug-likeness (QED) is 0.655. The number of benzene rings is 1. The summed E-state index contributed by atoms with van der Waals surface area (Å²) in [6.45, 7) is 4.62. The fourth-order valence-corrected chi connectivity index (χ4v) is 2.80. The number of amides is 1. The second-order valence-electron chi connectivity index (χ2n) is 6.87. The average molecular weight is 381 g/mol. The number of nitrogens with zero attached hydrogens (tertiary/aromatic N) is 3. The highest BCUT2D eigenvalue weighted by atomic mass is 16.5. The van der Waals surface area contributed by atoms with E-state index in [1.54, 1.807) is 13.2 Å². The van der Waals surface area contributed by atoms with Gasteiger partial charge in [0.15, 0.2) is 0 Å². The van der Waals surface area contributed by atoms with Crippen LogP contribution in [-0.4, -0.2) is 32.8 Å². The second-order valence-corrected chi connectivity index (χ2v) is 6.87. The van der Waals surface area contributed by atoms with Crippen molar-refractivity contribution < 1.29 is 9.53 Å². The number of methoxy groups -OCH3 is 1. The first-order valence-corrected chi connectivity index (χ1v) is 8.99. The van der Waals surface area contributed by atoms with Crippen molar-refractivity contribution in [2.24, 2.45) is 5.92 Å². The first-order valence-electron chi connectivity index (χ1n) is 8.99. The topological polar surface area (TPSA) is 102 Å². The Bertz CT molecular complexity index is 1020. The average Bonchev–Trinajstić information content (AvgIpc) is 3.00. The predicted octanol–water partition coefficient (Wildman–Crippen LogP) is 2.48. The van der Waals surface area contributed by atoms with Crippen LogP contribution >= 0.6 is 0 Å². The summed E-state index contributed by atoms with van der Waals surface area (Å²) in [5.41, 5.74) is 1.94. The summed E-state index contributed by atoms with van der Waals surface area (Å²) in [6.07, 6.45) is 1.45. The maximum atomic E-state index is 12.4. The van der Waals surface area contributed by atoms with Crippen molar-refractivity contribution in [3.63, 3.8) is 0 Å². The van der Waals surface area contributed by atoms with E-state index in [9.17, 15) is 9.59 Å². The van der Waals surface area contributed by atoms with E-state index in [1.165, 1.54) is 17.1 Å². The molecule has 2 N–H and O–H groups in total. The molecule has 3 aromatic rings. The van der Waals surface area contributed by atoms with Crippen molar-refractivity contribution in [2.45, 2.75) is 26.8 Å². The van der Waals surface area contributed by atoms with Crippen LogP contribution in [0.15, 0.2) is 47.5 Å². The molecule has 0 saturated carbocycles. The lowest BCUT2D eigenvalue weighted by Crippen LogP contribution is -2.19. The number of rotatable bonds is 7. The Balaban J connectivity index is 1.70. The molecule has 8 nitrogen and oxygen atoms in total. The highest BCUT2D eigenvalue weighted by Crippen LogP contribution is 2.23. The molecule has 8 heteroatoms. The third-order valence-corrected chi connectivity index (χ3v) is 4.04. The molecule has 0 radical (unpaired) electrons. The second kappa shape index (κ2) is 8.51. The van der Waals surface area contributed by atoms with Gasteiger partial charge in [-0.25, -0.2) is 9.97 Å². The maximum Gasteiger partial charge on any atom is 0.266 e. The van der Waals surface area contributed by atoms with Crippen LogP contribution in [0.1, 0.15) is 19.5 Å². The minimum atomic E-state index is -0.270. The van der Waals surface area contributed by atoms with Gasteiger partial charge in [0.2, 0.25) is 5.91 Å². The molecule has 0 bridgehead atoms. The van der Waals surface area contributed by atoms with Crippen molar-refractivity contribution in [1.82, 2.24) is 19.7 Å². The number of aromatic nitrogens is 4. The highest BCUT2D eigenvalue weighted by Gasteiger charge is 2.11. The number of carbonyl (C=O) groups is 1. The Labute approximate surface area is 162 Å². The number of anilines is 1. The van der Waals surface area contributed by atoms with E-state index < -0.39 is 0 Å². The van der Waals surface area contributed by atoms with Crippen LogP contribution in [-0.2, 0) is 17.8 Å². The Morgan fingerprint density at radius 3 is 2.82 bits per heavy atom. The molecule has 3 rings (SSSR count). The van der Waals surface area contributed by atoms with Crippen molar-refractivity contribution >= 4 is 11.7 Å².